The Morgan fingerprint density at radius 3 is 2.04 bits per heavy atom. The van der Waals surface area contributed by atoms with E-state index >= 15 is 0 Å². The standard InChI is InChI=1S/C39H38Cl2N6O3/c1-23-30(25-14-15-47-35(17-25)44-20-27(39(47)50)19-43-22-29-11-13-37(49)46-29)4-2-5-31(23)33-7-3-6-32(38(33)41)24-8-9-26(34(40)16-24)18-42-21-28-10-12-36(48)45-28/h2-9,14-17,20,28-29,42-43H,10-13,18-19,21-22H2,1H3,(H,45,48)(H,46,49)/t28-,29-/m0/s1. The van der Waals surface area contributed by atoms with Crippen molar-refractivity contribution >= 4 is 40.7 Å². The molecular weight excluding hydrogens is 671 g/mol. The molecule has 2 aromatic heterocycles. The Morgan fingerprint density at radius 1 is 0.760 bits per heavy atom. The number of rotatable bonds is 11. The molecule has 4 N–H and O–H groups in total. The molecule has 0 aliphatic carbocycles. The van der Waals surface area contributed by atoms with Gasteiger partial charge in [-0.1, -0.05) is 71.7 Å². The van der Waals surface area contributed by atoms with Crippen molar-refractivity contribution in [2.45, 2.75) is 57.8 Å². The molecule has 50 heavy (non-hydrogen) atoms. The summed E-state index contributed by atoms with van der Waals surface area (Å²) in [7, 11) is 0. The number of halogens is 2. The molecule has 2 saturated heterocycles. The summed E-state index contributed by atoms with van der Waals surface area (Å²) in [5, 5.41) is 13.9. The molecule has 0 radical (unpaired) electrons. The second-order valence-corrected chi connectivity index (χ2v) is 13.8. The van der Waals surface area contributed by atoms with Gasteiger partial charge in [-0.05, 0) is 71.3 Å². The number of amides is 2. The van der Waals surface area contributed by atoms with Gasteiger partial charge >= 0.3 is 0 Å². The Hall–Kier alpha value is -4.54. The van der Waals surface area contributed by atoms with Crippen LogP contribution < -0.4 is 26.8 Å². The fraction of sp³-hybridized carbons (Fsp3) is 0.282. The molecule has 9 nitrogen and oxygen atoms in total. The average molecular weight is 710 g/mol. The lowest BCUT2D eigenvalue weighted by atomic mass is 9.91. The van der Waals surface area contributed by atoms with Crippen molar-refractivity contribution in [2.24, 2.45) is 0 Å². The zero-order valence-electron chi connectivity index (χ0n) is 27.7. The van der Waals surface area contributed by atoms with E-state index in [1.54, 1.807) is 16.8 Å². The van der Waals surface area contributed by atoms with Crippen LogP contribution in [0.15, 0.2) is 83.9 Å². The lowest BCUT2D eigenvalue weighted by Gasteiger charge is -2.16. The number of hydrogen-bond donors (Lipinski definition) is 4. The smallest absolute Gasteiger partial charge is 0.262 e. The van der Waals surface area contributed by atoms with Gasteiger partial charge in [0.05, 0.1) is 5.02 Å². The largest absolute Gasteiger partial charge is 0.352 e. The molecule has 5 aromatic rings. The first-order chi connectivity index (χ1) is 24.2. The molecule has 7 rings (SSSR count). The van der Waals surface area contributed by atoms with Crippen LogP contribution in [0, 0.1) is 6.92 Å². The highest BCUT2D eigenvalue weighted by atomic mass is 35.5. The number of carbonyl (C=O) groups is 2. The van der Waals surface area contributed by atoms with E-state index in [1.165, 1.54) is 0 Å². The quantitative estimate of drug-likeness (QED) is 0.133. The Morgan fingerprint density at radius 2 is 1.38 bits per heavy atom. The van der Waals surface area contributed by atoms with Crippen molar-refractivity contribution in [1.82, 2.24) is 30.7 Å². The fourth-order valence-corrected chi connectivity index (χ4v) is 7.47. The fourth-order valence-electron chi connectivity index (χ4n) is 6.89. The third kappa shape index (κ3) is 7.18. The summed E-state index contributed by atoms with van der Waals surface area (Å²) in [6.45, 7) is 4.36. The predicted octanol–water partition coefficient (Wildman–Crippen LogP) is 6.05. The van der Waals surface area contributed by atoms with Crippen LogP contribution in [-0.4, -0.2) is 46.4 Å². The van der Waals surface area contributed by atoms with Gasteiger partial charge in [0.2, 0.25) is 11.8 Å². The highest BCUT2D eigenvalue weighted by Crippen LogP contribution is 2.40. The van der Waals surface area contributed by atoms with Gasteiger partial charge in [0.1, 0.15) is 5.65 Å². The minimum atomic E-state index is -0.123. The van der Waals surface area contributed by atoms with E-state index < -0.39 is 0 Å². The van der Waals surface area contributed by atoms with Crippen molar-refractivity contribution in [3.63, 3.8) is 0 Å². The number of nitrogens with zero attached hydrogens (tertiary/aromatic N) is 2. The first kappa shape index (κ1) is 33.9. The van der Waals surface area contributed by atoms with Crippen LogP contribution in [-0.2, 0) is 22.7 Å². The minimum Gasteiger partial charge on any atom is -0.352 e. The Balaban J connectivity index is 1.09. The zero-order chi connectivity index (χ0) is 34.8. The van der Waals surface area contributed by atoms with E-state index in [1.807, 2.05) is 54.6 Å². The highest BCUT2D eigenvalue weighted by molar-refractivity contribution is 6.36. The Kier molecular flexibility index (Phi) is 10.0. The third-order valence-corrected chi connectivity index (χ3v) is 10.4. The summed E-state index contributed by atoms with van der Waals surface area (Å²) in [5.41, 5.74) is 8.72. The molecule has 11 heteroatoms. The third-order valence-electron chi connectivity index (χ3n) is 9.66. The maximum absolute atomic E-state index is 13.3. The van der Waals surface area contributed by atoms with E-state index in [9.17, 15) is 14.4 Å². The lowest BCUT2D eigenvalue weighted by Crippen LogP contribution is -2.36. The Labute approximate surface area is 300 Å². The van der Waals surface area contributed by atoms with Crippen LogP contribution in [0.25, 0.3) is 39.0 Å². The molecule has 2 amide bonds. The molecule has 0 spiro atoms. The average Bonchev–Trinajstić information content (AvgIpc) is 3.73. The van der Waals surface area contributed by atoms with E-state index in [0.717, 1.165) is 57.3 Å². The van der Waals surface area contributed by atoms with Gasteiger partial charge in [-0.25, -0.2) is 4.98 Å². The van der Waals surface area contributed by atoms with Crippen LogP contribution in [0.5, 0.6) is 0 Å². The monoisotopic (exact) mass is 708 g/mol. The van der Waals surface area contributed by atoms with Gasteiger partial charge in [0.25, 0.3) is 5.56 Å². The van der Waals surface area contributed by atoms with E-state index in [2.05, 4.69) is 45.3 Å². The van der Waals surface area contributed by atoms with Crippen molar-refractivity contribution in [2.75, 3.05) is 13.1 Å². The second kappa shape index (κ2) is 14.7. The van der Waals surface area contributed by atoms with Gasteiger partial charge in [-0.3, -0.25) is 18.8 Å². The summed E-state index contributed by atoms with van der Waals surface area (Å²) in [5.74, 6) is 0.180. The number of benzene rings is 3. The van der Waals surface area contributed by atoms with Crippen molar-refractivity contribution in [1.29, 1.82) is 0 Å². The summed E-state index contributed by atoms with van der Waals surface area (Å²) in [6, 6.07) is 22.3. The molecule has 256 valence electrons. The van der Waals surface area contributed by atoms with Gasteiger partial charge in [-0.15, -0.1) is 0 Å². The zero-order valence-corrected chi connectivity index (χ0v) is 29.2. The van der Waals surface area contributed by atoms with Gasteiger partial charge in [0.15, 0.2) is 0 Å². The molecule has 2 fully saturated rings. The van der Waals surface area contributed by atoms with Crippen LogP contribution in [0.4, 0.5) is 0 Å². The summed E-state index contributed by atoms with van der Waals surface area (Å²) in [6.07, 6.45) is 6.18. The van der Waals surface area contributed by atoms with Crippen LogP contribution >= 0.6 is 23.2 Å². The number of nitrogens with one attached hydrogen (secondary N) is 4. The minimum absolute atomic E-state index is 0.0720. The first-order valence-electron chi connectivity index (χ1n) is 16.9. The van der Waals surface area contributed by atoms with Crippen LogP contribution in [0.1, 0.15) is 42.4 Å². The van der Waals surface area contributed by atoms with Gasteiger partial charge in [0, 0.05) is 85.2 Å². The molecule has 2 aliphatic rings. The summed E-state index contributed by atoms with van der Waals surface area (Å²) in [4.78, 5) is 40.8. The second-order valence-electron chi connectivity index (χ2n) is 13.1. The summed E-state index contributed by atoms with van der Waals surface area (Å²) < 4.78 is 1.57. The van der Waals surface area contributed by atoms with E-state index in [4.69, 9.17) is 23.2 Å². The van der Waals surface area contributed by atoms with Crippen molar-refractivity contribution in [3.05, 3.63) is 116 Å². The number of aromatic nitrogens is 2. The topological polar surface area (TPSA) is 117 Å². The Bertz CT molecular complexity index is 2170. The maximum Gasteiger partial charge on any atom is 0.262 e. The normalized spacial score (nSPS) is 17.3. The molecule has 4 heterocycles. The summed E-state index contributed by atoms with van der Waals surface area (Å²) >= 11 is 13.9. The van der Waals surface area contributed by atoms with E-state index in [0.29, 0.717) is 60.3 Å². The SMILES string of the molecule is Cc1c(-c2ccn3c(=O)c(CNC[C@@H]4CCC(=O)N4)cnc3c2)cccc1-c1cccc(-c2ccc(CNC[C@@H]3CCC(=O)N3)c(Cl)c2)c1Cl. The molecule has 2 atom stereocenters. The number of fused-ring (bicyclic) bond motifs is 1. The van der Waals surface area contributed by atoms with Crippen LogP contribution in [0.3, 0.4) is 0 Å². The number of pyridine rings is 1. The molecule has 0 bridgehead atoms. The van der Waals surface area contributed by atoms with Crippen molar-refractivity contribution < 1.29 is 9.59 Å². The molecule has 2 aliphatic heterocycles. The molecule has 0 saturated carbocycles. The predicted molar refractivity (Wildman–Crippen MR) is 198 cm³/mol. The molecule has 0 unspecified atom stereocenters. The first-order valence-corrected chi connectivity index (χ1v) is 17.7. The van der Waals surface area contributed by atoms with Gasteiger partial charge in [-0.2, -0.15) is 0 Å². The number of carbonyl (C=O) groups excluding carboxylic acids is 2. The van der Waals surface area contributed by atoms with Gasteiger partial charge < -0.3 is 21.3 Å². The van der Waals surface area contributed by atoms with Crippen LogP contribution in [0.2, 0.25) is 10.0 Å². The lowest BCUT2D eigenvalue weighted by molar-refractivity contribution is -0.120. The number of hydrogen-bond acceptors (Lipinski definition) is 6. The van der Waals surface area contributed by atoms with E-state index in [-0.39, 0.29) is 29.5 Å². The highest BCUT2D eigenvalue weighted by Gasteiger charge is 2.21. The maximum atomic E-state index is 13.3. The molecule has 3 aromatic carbocycles. The molecular formula is C39H38Cl2N6O3. The van der Waals surface area contributed by atoms with Crippen molar-refractivity contribution in [3.8, 4) is 33.4 Å².